The van der Waals surface area contributed by atoms with E-state index in [1.807, 2.05) is 0 Å². The molecule has 4 rings (SSSR count). The molecule has 0 amide bonds. The van der Waals surface area contributed by atoms with Crippen LogP contribution in [0.3, 0.4) is 0 Å². The normalized spacial score (nSPS) is 15.8. The maximum atomic E-state index is 2.31. The second kappa shape index (κ2) is 4.79. The van der Waals surface area contributed by atoms with Gasteiger partial charge in [0.1, 0.15) is 0 Å². The molecule has 0 unspecified atom stereocenters. The van der Waals surface area contributed by atoms with E-state index in [1.54, 1.807) is 0 Å². The van der Waals surface area contributed by atoms with Gasteiger partial charge >= 0.3 is 0 Å². The van der Waals surface area contributed by atoms with E-state index >= 15 is 0 Å². The SMILES string of the molecule is C1=CCc2c(cccc2-c2cccc3c2CC=CC3)C1. The lowest BCUT2D eigenvalue weighted by Crippen LogP contribution is -2.04. The Kier molecular flexibility index (Phi) is 2.81. The van der Waals surface area contributed by atoms with E-state index in [1.165, 1.54) is 33.4 Å². The second-order valence-corrected chi connectivity index (χ2v) is 5.65. The summed E-state index contributed by atoms with van der Waals surface area (Å²) in [6.07, 6.45) is 13.5. The number of fused-ring (bicyclic) bond motifs is 2. The lowest BCUT2D eigenvalue weighted by Gasteiger charge is -2.20. The number of benzene rings is 2. The second-order valence-electron chi connectivity index (χ2n) is 5.65. The molecule has 0 spiro atoms. The summed E-state index contributed by atoms with van der Waals surface area (Å²) in [6.45, 7) is 0. The molecular weight excluding hydrogens is 240 g/mol. The molecule has 0 nitrogen and oxygen atoms in total. The van der Waals surface area contributed by atoms with Crippen LogP contribution in [0.4, 0.5) is 0 Å². The number of hydrogen-bond donors (Lipinski definition) is 0. The van der Waals surface area contributed by atoms with Crippen molar-refractivity contribution in [2.24, 2.45) is 0 Å². The molecule has 0 heteroatoms. The fraction of sp³-hybridized carbons (Fsp3) is 0.200. The third kappa shape index (κ3) is 1.84. The lowest BCUT2D eigenvalue weighted by molar-refractivity contribution is 1.07. The first-order valence-electron chi connectivity index (χ1n) is 7.45. The molecule has 0 N–H and O–H groups in total. The van der Waals surface area contributed by atoms with E-state index in [4.69, 9.17) is 0 Å². The van der Waals surface area contributed by atoms with E-state index in [0.29, 0.717) is 0 Å². The molecule has 2 aliphatic rings. The standard InChI is InChI=1S/C20H18/c1-3-11-17-15(7-1)9-5-13-19(17)20-14-6-10-16-8-2-4-12-18(16)20/h1-6,9-10,13-14H,7-8,11-12H2. The smallest absolute Gasteiger partial charge is 0.00883 e. The lowest BCUT2D eigenvalue weighted by atomic mass is 9.84. The maximum Gasteiger partial charge on any atom is -0.00883 e. The Morgan fingerprint density at radius 2 is 0.950 bits per heavy atom. The van der Waals surface area contributed by atoms with Crippen molar-refractivity contribution in [2.75, 3.05) is 0 Å². The third-order valence-corrected chi connectivity index (χ3v) is 4.49. The summed E-state index contributed by atoms with van der Waals surface area (Å²) in [5.74, 6) is 0. The van der Waals surface area contributed by atoms with Gasteiger partial charge in [-0.2, -0.15) is 0 Å². The quantitative estimate of drug-likeness (QED) is 0.652. The van der Waals surface area contributed by atoms with E-state index in [-0.39, 0.29) is 0 Å². The summed E-state index contributed by atoms with van der Waals surface area (Å²) in [5.41, 5.74) is 8.93. The molecule has 0 saturated carbocycles. The van der Waals surface area contributed by atoms with Crippen LogP contribution in [0.1, 0.15) is 22.3 Å². The first-order valence-corrected chi connectivity index (χ1v) is 7.45. The molecule has 0 radical (unpaired) electrons. The van der Waals surface area contributed by atoms with Crippen LogP contribution in [0.15, 0.2) is 60.7 Å². The third-order valence-electron chi connectivity index (χ3n) is 4.49. The molecule has 0 bridgehead atoms. The minimum absolute atomic E-state index is 1.07. The first-order chi connectivity index (χ1) is 9.93. The molecular formula is C20H18. The average molecular weight is 258 g/mol. The molecule has 0 atom stereocenters. The number of hydrogen-bond acceptors (Lipinski definition) is 0. The van der Waals surface area contributed by atoms with Crippen LogP contribution in [-0.2, 0) is 25.7 Å². The molecule has 0 heterocycles. The Morgan fingerprint density at radius 3 is 1.45 bits per heavy atom. The van der Waals surface area contributed by atoms with Crippen molar-refractivity contribution in [3.63, 3.8) is 0 Å². The molecule has 0 aliphatic heterocycles. The van der Waals surface area contributed by atoms with Crippen LogP contribution in [0.25, 0.3) is 11.1 Å². The Labute approximate surface area is 120 Å². The molecule has 2 aromatic rings. The average Bonchev–Trinajstić information content (AvgIpc) is 2.54. The fourth-order valence-electron chi connectivity index (χ4n) is 3.46. The highest BCUT2D eigenvalue weighted by molar-refractivity contribution is 5.74. The van der Waals surface area contributed by atoms with Crippen LogP contribution in [0.2, 0.25) is 0 Å². The highest BCUT2D eigenvalue weighted by Gasteiger charge is 2.16. The van der Waals surface area contributed by atoms with Gasteiger partial charge in [-0.15, -0.1) is 0 Å². The van der Waals surface area contributed by atoms with Crippen molar-refractivity contribution in [3.8, 4) is 11.1 Å². The van der Waals surface area contributed by atoms with Crippen LogP contribution in [0, 0.1) is 0 Å². The molecule has 2 aromatic carbocycles. The highest BCUT2D eigenvalue weighted by atomic mass is 14.2. The molecule has 2 aliphatic carbocycles. The zero-order valence-corrected chi connectivity index (χ0v) is 11.6. The molecule has 0 aromatic heterocycles. The van der Waals surface area contributed by atoms with Gasteiger partial charge in [-0.1, -0.05) is 60.7 Å². The first kappa shape index (κ1) is 11.7. The zero-order chi connectivity index (χ0) is 13.4. The summed E-state index contributed by atoms with van der Waals surface area (Å²) in [5, 5.41) is 0. The highest BCUT2D eigenvalue weighted by Crippen LogP contribution is 2.34. The zero-order valence-electron chi connectivity index (χ0n) is 11.6. The van der Waals surface area contributed by atoms with Crippen LogP contribution in [-0.4, -0.2) is 0 Å². The molecule has 0 saturated heterocycles. The number of allylic oxidation sites excluding steroid dienone is 4. The van der Waals surface area contributed by atoms with E-state index in [2.05, 4.69) is 60.7 Å². The van der Waals surface area contributed by atoms with Gasteiger partial charge in [-0.05, 0) is 59.1 Å². The van der Waals surface area contributed by atoms with Gasteiger partial charge < -0.3 is 0 Å². The fourth-order valence-corrected chi connectivity index (χ4v) is 3.46. The van der Waals surface area contributed by atoms with Gasteiger partial charge in [-0.25, -0.2) is 0 Å². The van der Waals surface area contributed by atoms with Crippen molar-refractivity contribution in [1.29, 1.82) is 0 Å². The largest absolute Gasteiger partial charge is 0.0838 e. The summed E-state index contributed by atoms with van der Waals surface area (Å²) < 4.78 is 0. The Morgan fingerprint density at radius 1 is 0.500 bits per heavy atom. The summed E-state index contributed by atoms with van der Waals surface area (Å²) in [6, 6.07) is 13.6. The van der Waals surface area contributed by atoms with Gasteiger partial charge in [-0.3, -0.25) is 0 Å². The molecule has 98 valence electrons. The van der Waals surface area contributed by atoms with E-state index in [9.17, 15) is 0 Å². The Bertz CT molecular complexity index is 653. The van der Waals surface area contributed by atoms with Crippen LogP contribution < -0.4 is 0 Å². The monoisotopic (exact) mass is 258 g/mol. The van der Waals surface area contributed by atoms with Crippen molar-refractivity contribution in [3.05, 3.63) is 83.0 Å². The topological polar surface area (TPSA) is 0 Å². The van der Waals surface area contributed by atoms with Crippen LogP contribution >= 0.6 is 0 Å². The Balaban J connectivity index is 1.92. The van der Waals surface area contributed by atoms with E-state index < -0.39 is 0 Å². The summed E-state index contributed by atoms with van der Waals surface area (Å²) in [7, 11) is 0. The van der Waals surface area contributed by atoms with Crippen molar-refractivity contribution >= 4 is 0 Å². The minimum atomic E-state index is 1.07. The minimum Gasteiger partial charge on any atom is -0.0838 e. The summed E-state index contributed by atoms with van der Waals surface area (Å²) >= 11 is 0. The molecule has 20 heavy (non-hydrogen) atoms. The van der Waals surface area contributed by atoms with E-state index in [0.717, 1.165) is 25.7 Å². The van der Waals surface area contributed by atoms with Gasteiger partial charge in [0, 0.05) is 0 Å². The maximum absolute atomic E-state index is 2.31. The van der Waals surface area contributed by atoms with Gasteiger partial charge in [0.05, 0.1) is 0 Å². The van der Waals surface area contributed by atoms with Gasteiger partial charge in [0.25, 0.3) is 0 Å². The van der Waals surface area contributed by atoms with Crippen molar-refractivity contribution in [1.82, 2.24) is 0 Å². The predicted octanol–water partition coefficient (Wildman–Crippen LogP) is 4.66. The summed E-state index contributed by atoms with van der Waals surface area (Å²) in [4.78, 5) is 0. The van der Waals surface area contributed by atoms with Crippen molar-refractivity contribution < 1.29 is 0 Å². The molecule has 0 fully saturated rings. The van der Waals surface area contributed by atoms with Crippen LogP contribution in [0.5, 0.6) is 0 Å². The van der Waals surface area contributed by atoms with Gasteiger partial charge in [0.15, 0.2) is 0 Å². The number of rotatable bonds is 1. The predicted molar refractivity (Wildman–Crippen MR) is 85.0 cm³/mol. The van der Waals surface area contributed by atoms with Crippen molar-refractivity contribution in [2.45, 2.75) is 25.7 Å². The Hall–Kier alpha value is -2.08. The van der Waals surface area contributed by atoms with Gasteiger partial charge in [0.2, 0.25) is 0 Å².